The summed E-state index contributed by atoms with van der Waals surface area (Å²) in [6.45, 7) is 9.52. The van der Waals surface area contributed by atoms with Gasteiger partial charge in [-0.05, 0) is 47.5 Å². The van der Waals surface area contributed by atoms with E-state index in [0.29, 0.717) is 0 Å². The highest BCUT2D eigenvalue weighted by Crippen LogP contribution is 2.39. The van der Waals surface area contributed by atoms with E-state index in [-0.39, 0.29) is 23.2 Å². The van der Waals surface area contributed by atoms with E-state index in [2.05, 4.69) is 125 Å². The van der Waals surface area contributed by atoms with Crippen molar-refractivity contribution in [3.8, 4) is 0 Å². The van der Waals surface area contributed by atoms with Crippen LogP contribution in [0.25, 0.3) is 0 Å². The van der Waals surface area contributed by atoms with Crippen LogP contribution in [0.4, 0.5) is 0 Å². The number of aliphatic hydroxyl groups is 1. The average Bonchev–Trinajstić information content (AvgIpc) is 2.96. The van der Waals surface area contributed by atoms with E-state index >= 15 is 0 Å². The molecule has 0 radical (unpaired) electrons. The maximum atomic E-state index is 10.1. The Morgan fingerprint density at radius 1 is 0.872 bits per heavy atom. The van der Waals surface area contributed by atoms with E-state index in [4.69, 9.17) is 4.43 Å². The number of rotatable bonds is 14. The first-order chi connectivity index (χ1) is 18.9. The van der Waals surface area contributed by atoms with Gasteiger partial charge in [0, 0.05) is 5.41 Å². The molecule has 1 saturated carbocycles. The molecule has 0 aromatic heterocycles. The molecule has 0 amide bonds. The molecule has 0 bridgehead atoms. The van der Waals surface area contributed by atoms with E-state index in [1.807, 2.05) is 0 Å². The Bertz CT molecular complexity index is 987. The summed E-state index contributed by atoms with van der Waals surface area (Å²) in [6.07, 6.45) is 25.1. The van der Waals surface area contributed by atoms with E-state index in [9.17, 15) is 5.11 Å². The molecule has 0 saturated heterocycles. The SMILES string of the molecule is CCCCC/C=C\CC(/C=C/C=C\C1(CO)CCCCC1)O[Si](c1ccccc1)(c1ccccc1)C(C)(C)C. The molecule has 1 aliphatic carbocycles. The zero-order chi connectivity index (χ0) is 28.0. The number of benzene rings is 2. The van der Waals surface area contributed by atoms with Gasteiger partial charge in [0.1, 0.15) is 0 Å². The standard InChI is InChI=1S/C36H52O2Si/c1-5-6-7-8-9-13-22-32(23-18-21-30-36(31-37)28-19-12-20-29-36)38-39(35(2,3)4,33-24-14-10-15-25-33)34-26-16-11-17-27-34/h9-11,13-18,21,23-27,30,32,37H,5-8,12,19-20,22,28-29,31H2,1-4H3/b13-9-,23-18+,30-21-. The van der Waals surface area contributed by atoms with Crippen molar-refractivity contribution < 1.29 is 9.53 Å². The van der Waals surface area contributed by atoms with Gasteiger partial charge in [-0.2, -0.15) is 0 Å². The summed E-state index contributed by atoms with van der Waals surface area (Å²) in [4.78, 5) is 0. The van der Waals surface area contributed by atoms with Gasteiger partial charge in [0.05, 0.1) is 12.7 Å². The highest BCUT2D eigenvalue weighted by molar-refractivity contribution is 6.99. The quantitative estimate of drug-likeness (QED) is 0.112. The number of allylic oxidation sites excluding steroid dienone is 3. The van der Waals surface area contributed by atoms with Crippen LogP contribution in [0.5, 0.6) is 0 Å². The Hall–Kier alpha value is -2.20. The fourth-order valence-electron chi connectivity index (χ4n) is 6.03. The fourth-order valence-corrected chi connectivity index (χ4v) is 10.7. The fraction of sp³-hybridized carbons (Fsp3) is 0.500. The molecule has 212 valence electrons. The molecule has 2 aromatic rings. The normalized spacial score (nSPS) is 17.4. The maximum absolute atomic E-state index is 10.1. The molecule has 1 N–H and O–H groups in total. The van der Waals surface area contributed by atoms with Crippen LogP contribution in [0.1, 0.15) is 91.9 Å². The van der Waals surface area contributed by atoms with Crippen molar-refractivity contribution in [3.05, 3.63) is 97.1 Å². The first-order valence-corrected chi connectivity index (χ1v) is 17.2. The minimum Gasteiger partial charge on any atom is -0.401 e. The Labute approximate surface area is 240 Å². The molecule has 3 heteroatoms. The molecule has 0 spiro atoms. The van der Waals surface area contributed by atoms with Crippen LogP contribution in [0.3, 0.4) is 0 Å². The summed E-state index contributed by atoms with van der Waals surface area (Å²) in [5, 5.41) is 12.7. The van der Waals surface area contributed by atoms with Gasteiger partial charge in [0.25, 0.3) is 8.32 Å². The molecule has 2 aromatic carbocycles. The van der Waals surface area contributed by atoms with Gasteiger partial charge in [0.2, 0.25) is 0 Å². The van der Waals surface area contributed by atoms with Gasteiger partial charge in [-0.1, -0.05) is 157 Å². The summed E-state index contributed by atoms with van der Waals surface area (Å²) in [7, 11) is -2.66. The van der Waals surface area contributed by atoms with Crippen LogP contribution in [-0.4, -0.2) is 26.1 Å². The number of hydrogen-bond acceptors (Lipinski definition) is 2. The topological polar surface area (TPSA) is 29.5 Å². The van der Waals surface area contributed by atoms with Gasteiger partial charge < -0.3 is 9.53 Å². The molecule has 0 aliphatic heterocycles. The summed E-state index contributed by atoms with van der Waals surface area (Å²) in [6, 6.07) is 21.8. The van der Waals surface area contributed by atoms with E-state index in [0.717, 1.165) is 25.7 Å². The van der Waals surface area contributed by atoms with E-state index < -0.39 is 8.32 Å². The minimum atomic E-state index is -2.66. The average molecular weight is 545 g/mol. The molecule has 1 aliphatic rings. The maximum Gasteiger partial charge on any atom is 0.261 e. The third-order valence-electron chi connectivity index (χ3n) is 8.31. The predicted octanol–water partition coefficient (Wildman–Crippen LogP) is 8.51. The Kier molecular flexibility index (Phi) is 12.5. The van der Waals surface area contributed by atoms with Gasteiger partial charge in [0.15, 0.2) is 0 Å². The van der Waals surface area contributed by atoms with Gasteiger partial charge in [-0.3, -0.25) is 0 Å². The lowest BCUT2D eigenvalue weighted by molar-refractivity contribution is 0.127. The Morgan fingerprint density at radius 2 is 1.49 bits per heavy atom. The predicted molar refractivity (Wildman–Crippen MR) is 171 cm³/mol. The van der Waals surface area contributed by atoms with Crippen LogP contribution in [-0.2, 0) is 4.43 Å². The Balaban J connectivity index is 1.96. The van der Waals surface area contributed by atoms with Crippen molar-refractivity contribution in [3.63, 3.8) is 0 Å². The third kappa shape index (κ3) is 8.64. The van der Waals surface area contributed by atoms with Crippen molar-refractivity contribution in [1.82, 2.24) is 0 Å². The lowest BCUT2D eigenvalue weighted by Gasteiger charge is -2.44. The van der Waals surface area contributed by atoms with Crippen LogP contribution in [0, 0.1) is 5.41 Å². The molecule has 0 heterocycles. The third-order valence-corrected chi connectivity index (χ3v) is 13.4. The van der Waals surface area contributed by atoms with Crippen molar-refractivity contribution >= 4 is 18.7 Å². The number of hydrogen-bond donors (Lipinski definition) is 1. The molecular weight excluding hydrogens is 492 g/mol. The second-order valence-electron chi connectivity index (χ2n) is 12.3. The highest BCUT2D eigenvalue weighted by atomic mass is 28.4. The van der Waals surface area contributed by atoms with Gasteiger partial charge in [-0.25, -0.2) is 0 Å². The summed E-state index contributed by atoms with van der Waals surface area (Å²) >= 11 is 0. The number of aliphatic hydroxyl groups excluding tert-OH is 1. The monoisotopic (exact) mass is 544 g/mol. The van der Waals surface area contributed by atoms with E-state index in [1.165, 1.54) is 48.9 Å². The summed E-state index contributed by atoms with van der Waals surface area (Å²) in [5.41, 5.74) is -0.0594. The second-order valence-corrected chi connectivity index (χ2v) is 16.6. The van der Waals surface area contributed by atoms with Crippen molar-refractivity contribution in [1.29, 1.82) is 0 Å². The molecule has 1 unspecified atom stereocenters. The highest BCUT2D eigenvalue weighted by Gasteiger charge is 2.51. The Morgan fingerprint density at radius 3 is 2.03 bits per heavy atom. The van der Waals surface area contributed by atoms with Crippen molar-refractivity contribution in [2.75, 3.05) is 6.61 Å². The molecule has 2 nitrogen and oxygen atoms in total. The molecule has 1 fully saturated rings. The first kappa shape index (κ1) is 31.3. The van der Waals surface area contributed by atoms with Crippen LogP contribution < -0.4 is 10.4 Å². The number of unbranched alkanes of at least 4 members (excludes halogenated alkanes) is 3. The summed E-state index contributed by atoms with van der Waals surface area (Å²) < 4.78 is 7.46. The minimum absolute atomic E-state index is 0.0418. The lowest BCUT2D eigenvalue weighted by atomic mass is 9.74. The van der Waals surface area contributed by atoms with Gasteiger partial charge >= 0.3 is 0 Å². The second kappa shape index (κ2) is 15.5. The molecule has 1 atom stereocenters. The lowest BCUT2D eigenvalue weighted by Crippen LogP contribution is -2.67. The van der Waals surface area contributed by atoms with Crippen LogP contribution in [0.2, 0.25) is 5.04 Å². The van der Waals surface area contributed by atoms with Crippen molar-refractivity contribution in [2.24, 2.45) is 5.41 Å². The molecule has 39 heavy (non-hydrogen) atoms. The van der Waals surface area contributed by atoms with Crippen LogP contribution in [0.15, 0.2) is 97.1 Å². The largest absolute Gasteiger partial charge is 0.401 e. The molecule has 3 rings (SSSR count). The zero-order valence-electron chi connectivity index (χ0n) is 24.9. The van der Waals surface area contributed by atoms with Gasteiger partial charge in [-0.15, -0.1) is 0 Å². The smallest absolute Gasteiger partial charge is 0.261 e. The zero-order valence-corrected chi connectivity index (χ0v) is 25.9. The van der Waals surface area contributed by atoms with Crippen LogP contribution >= 0.6 is 0 Å². The summed E-state index contributed by atoms with van der Waals surface area (Å²) in [5.74, 6) is 0. The van der Waals surface area contributed by atoms with Crippen molar-refractivity contribution in [2.45, 2.75) is 103 Å². The van der Waals surface area contributed by atoms with E-state index in [1.54, 1.807) is 0 Å². The first-order valence-electron chi connectivity index (χ1n) is 15.3. The molecular formula is C36H52O2Si.